The lowest BCUT2D eigenvalue weighted by atomic mass is 9.84. The van der Waals surface area contributed by atoms with E-state index in [9.17, 15) is 9.59 Å². The monoisotopic (exact) mass is 255 g/mol. The molecule has 0 atom stereocenters. The van der Waals surface area contributed by atoms with E-state index >= 15 is 0 Å². The van der Waals surface area contributed by atoms with Gasteiger partial charge in [0.15, 0.2) is 0 Å². The van der Waals surface area contributed by atoms with Crippen LogP contribution in [0.4, 0.5) is 0 Å². The lowest BCUT2D eigenvalue weighted by Crippen LogP contribution is -2.39. The highest BCUT2D eigenvalue weighted by atomic mass is 16.4. The normalized spacial score (nSPS) is 24.6. The van der Waals surface area contributed by atoms with Gasteiger partial charge < -0.3 is 10.4 Å². The average Bonchev–Trinajstić information content (AvgIpc) is 2.17. The van der Waals surface area contributed by atoms with E-state index in [1.54, 1.807) is 0 Å². The van der Waals surface area contributed by atoms with Crippen molar-refractivity contribution in [1.29, 1.82) is 0 Å². The standard InChI is InChI=1S/C14H25NO3/c1-14(2,3)9-12(16)15-11-6-4-10(5-7-11)8-13(17)18/h10-11H,4-9H2,1-3H3,(H,15,16)(H,17,18). The van der Waals surface area contributed by atoms with Gasteiger partial charge in [0.2, 0.25) is 5.91 Å². The third-order valence-electron chi connectivity index (χ3n) is 3.37. The van der Waals surface area contributed by atoms with Crippen molar-refractivity contribution in [3.05, 3.63) is 0 Å². The first kappa shape index (κ1) is 15.0. The predicted octanol–water partition coefficient (Wildman–Crippen LogP) is 2.57. The fourth-order valence-electron chi connectivity index (χ4n) is 2.52. The molecule has 0 aromatic rings. The molecule has 0 spiro atoms. The van der Waals surface area contributed by atoms with Crippen LogP contribution in [-0.2, 0) is 9.59 Å². The number of carbonyl (C=O) groups excluding carboxylic acids is 1. The van der Waals surface area contributed by atoms with E-state index in [4.69, 9.17) is 5.11 Å². The minimum atomic E-state index is -0.713. The lowest BCUT2D eigenvalue weighted by Gasteiger charge is -2.29. The Morgan fingerprint density at radius 1 is 1.17 bits per heavy atom. The molecule has 0 bridgehead atoms. The number of rotatable bonds is 4. The van der Waals surface area contributed by atoms with Crippen molar-refractivity contribution in [2.75, 3.05) is 0 Å². The fourth-order valence-corrected chi connectivity index (χ4v) is 2.52. The van der Waals surface area contributed by atoms with Crippen LogP contribution >= 0.6 is 0 Å². The Morgan fingerprint density at radius 3 is 2.17 bits per heavy atom. The summed E-state index contributed by atoms with van der Waals surface area (Å²) < 4.78 is 0. The molecule has 1 rings (SSSR count). The molecule has 1 saturated carbocycles. The van der Waals surface area contributed by atoms with Crippen LogP contribution in [0.1, 0.15) is 59.3 Å². The molecule has 0 heterocycles. The number of nitrogens with one attached hydrogen (secondary N) is 1. The zero-order chi connectivity index (χ0) is 13.8. The molecule has 18 heavy (non-hydrogen) atoms. The second-order valence-corrected chi connectivity index (χ2v) is 6.62. The van der Waals surface area contributed by atoms with Gasteiger partial charge in [-0.05, 0) is 37.0 Å². The number of hydrogen-bond donors (Lipinski definition) is 2. The fraction of sp³-hybridized carbons (Fsp3) is 0.857. The maximum Gasteiger partial charge on any atom is 0.303 e. The quantitative estimate of drug-likeness (QED) is 0.811. The number of carboxylic acids is 1. The Hall–Kier alpha value is -1.06. The Balaban J connectivity index is 2.27. The molecule has 0 aliphatic heterocycles. The first-order valence-corrected chi connectivity index (χ1v) is 6.77. The highest BCUT2D eigenvalue weighted by molar-refractivity contribution is 5.76. The molecule has 0 saturated heterocycles. The number of carboxylic acid groups (broad SMARTS) is 1. The molecule has 4 heteroatoms. The Kier molecular flexibility index (Phi) is 5.17. The van der Waals surface area contributed by atoms with E-state index < -0.39 is 5.97 Å². The molecule has 0 radical (unpaired) electrons. The molecule has 1 amide bonds. The van der Waals surface area contributed by atoms with Crippen LogP contribution in [0.2, 0.25) is 0 Å². The first-order chi connectivity index (χ1) is 8.26. The molecular weight excluding hydrogens is 230 g/mol. The van der Waals surface area contributed by atoms with Gasteiger partial charge in [0.25, 0.3) is 0 Å². The molecule has 0 unspecified atom stereocenters. The van der Waals surface area contributed by atoms with Crippen LogP contribution < -0.4 is 5.32 Å². The third-order valence-corrected chi connectivity index (χ3v) is 3.37. The first-order valence-electron chi connectivity index (χ1n) is 6.77. The average molecular weight is 255 g/mol. The van der Waals surface area contributed by atoms with Crippen LogP contribution in [-0.4, -0.2) is 23.0 Å². The molecular formula is C14H25NO3. The molecule has 2 N–H and O–H groups in total. The number of aliphatic carboxylic acids is 1. The summed E-state index contributed by atoms with van der Waals surface area (Å²) in [7, 11) is 0. The molecule has 4 nitrogen and oxygen atoms in total. The van der Waals surface area contributed by atoms with Gasteiger partial charge in [0.1, 0.15) is 0 Å². The van der Waals surface area contributed by atoms with Crippen molar-refractivity contribution in [2.24, 2.45) is 11.3 Å². The van der Waals surface area contributed by atoms with Crippen molar-refractivity contribution in [1.82, 2.24) is 5.32 Å². The summed E-state index contributed by atoms with van der Waals surface area (Å²) in [5.41, 5.74) is 0.0184. The summed E-state index contributed by atoms with van der Waals surface area (Å²) >= 11 is 0. The van der Waals surface area contributed by atoms with Crippen LogP contribution in [0, 0.1) is 11.3 Å². The van der Waals surface area contributed by atoms with E-state index in [0.717, 1.165) is 25.7 Å². The Labute approximate surface area is 109 Å². The van der Waals surface area contributed by atoms with Gasteiger partial charge in [-0.1, -0.05) is 20.8 Å². The molecule has 1 fully saturated rings. The summed E-state index contributed by atoms with van der Waals surface area (Å²) in [6.45, 7) is 6.16. The van der Waals surface area contributed by atoms with Crippen LogP contribution in [0.5, 0.6) is 0 Å². The Morgan fingerprint density at radius 2 is 1.72 bits per heavy atom. The summed E-state index contributed by atoms with van der Waals surface area (Å²) in [5, 5.41) is 11.8. The number of hydrogen-bond acceptors (Lipinski definition) is 2. The maximum absolute atomic E-state index is 11.8. The van der Waals surface area contributed by atoms with Crippen LogP contribution in [0.15, 0.2) is 0 Å². The van der Waals surface area contributed by atoms with Gasteiger partial charge >= 0.3 is 5.97 Å². The van der Waals surface area contributed by atoms with Gasteiger partial charge in [-0.15, -0.1) is 0 Å². The maximum atomic E-state index is 11.8. The van der Waals surface area contributed by atoms with E-state index in [1.165, 1.54) is 0 Å². The van der Waals surface area contributed by atoms with E-state index in [-0.39, 0.29) is 23.8 Å². The topological polar surface area (TPSA) is 66.4 Å². The molecule has 1 aliphatic rings. The van der Waals surface area contributed by atoms with E-state index in [1.807, 2.05) is 0 Å². The molecule has 1 aliphatic carbocycles. The van der Waals surface area contributed by atoms with Crippen molar-refractivity contribution < 1.29 is 14.7 Å². The van der Waals surface area contributed by atoms with Gasteiger partial charge in [0, 0.05) is 18.9 Å². The smallest absolute Gasteiger partial charge is 0.303 e. The van der Waals surface area contributed by atoms with Gasteiger partial charge in [0.05, 0.1) is 0 Å². The molecule has 0 aromatic carbocycles. The summed E-state index contributed by atoms with van der Waals surface area (Å²) in [5.74, 6) is -0.308. The second-order valence-electron chi connectivity index (χ2n) is 6.62. The van der Waals surface area contributed by atoms with Crippen molar-refractivity contribution >= 4 is 11.9 Å². The molecule has 104 valence electrons. The zero-order valence-corrected chi connectivity index (χ0v) is 11.7. The second kappa shape index (κ2) is 6.21. The predicted molar refractivity (Wildman–Crippen MR) is 70.2 cm³/mol. The van der Waals surface area contributed by atoms with E-state index in [0.29, 0.717) is 12.3 Å². The minimum absolute atomic E-state index is 0.0184. The lowest BCUT2D eigenvalue weighted by molar-refractivity contribution is -0.138. The zero-order valence-electron chi connectivity index (χ0n) is 11.7. The molecule has 0 aromatic heterocycles. The third kappa shape index (κ3) is 6.03. The van der Waals surface area contributed by atoms with Gasteiger partial charge in [-0.2, -0.15) is 0 Å². The summed E-state index contributed by atoms with van der Waals surface area (Å²) in [6, 6.07) is 0.241. The van der Waals surface area contributed by atoms with Crippen molar-refractivity contribution in [2.45, 2.75) is 65.3 Å². The minimum Gasteiger partial charge on any atom is -0.481 e. The van der Waals surface area contributed by atoms with Crippen molar-refractivity contribution in [3.63, 3.8) is 0 Å². The largest absolute Gasteiger partial charge is 0.481 e. The highest BCUT2D eigenvalue weighted by Gasteiger charge is 2.25. The summed E-state index contributed by atoms with van der Waals surface area (Å²) in [6.07, 6.45) is 4.45. The Bertz CT molecular complexity index is 299. The van der Waals surface area contributed by atoms with Gasteiger partial charge in [-0.25, -0.2) is 0 Å². The SMILES string of the molecule is CC(C)(C)CC(=O)NC1CCC(CC(=O)O)CC1. The van der Waals surface area contributed by atoms with Crippen LogP contribution in [0.3, 0.4) is 0 Å². The number of carbonyl (C=O) groups is 2. The van der Waals surface area contributed by atoms with Crippen molar-refractivity contribution in [3.8, 4) is 0 Å². The highest BCUT2D eigenvalue weighted by Crippen LogP contribution is 2.27. The number of amides is 1. The van der Waals surface area contributed by atoms with Crippen LogP contribution in [0.25, 0.3) is 0 Å². The van der Waals surface area contributed by atoms with E-state index in [2.05, 4.69) is 26.1 Å². The summed E-state index contributed by atoms with van der Waals surface area (Å²) in [4.78, 5) is 22.4. The van der Waals surface area contributed by atoms with Gasteiger partial charge in [-0.3, -0.25) is 9.59 Å².